The van der Waals surface area contributed by atoms with Gasteiger partial charge in [0.05, 0.1) is 26.5 Å². The molecule has 35 heavy (non-hydrogen) atoms. The second-order valence-corrected chi connectivity index (χ2v) is 23.2. The molecule has 1 saturated heterocycles. The first-order chi connectivity index (χ1) is 15.8. The van der Waals surface area contributed by atoms with E-state index in [1.165, 1.54) is 16.8 Å². The Hall–Kier alpha value is -1.31. The molecule has 1 fully saturated rings. The highest BCUT2D eigenvalue weighted by Crippen LogP contribution is 2.53. The summed E-state index contributed by atoms with van der Waals surface area (Å²) in [7, 11) is -4.92. The maximum absolute atomic E-state index is 12.8. The molecule has 1 aromatic heterocycles. The fourth-order valence-corrected chi connectivity index (χ4v) is 8.08. The van der Waals surface area contributed by atoms with E-state index in [4.69, 9.17) is 9.16 Å². The summed E-state index contributed by atoms with van der Waals surface area (Å²) in [5.74, 6) is -0.420. The number of nitrogens with one attached hydrogen (secondary N) is 1. The van der Waals surface area contributed by atoms with Crippen molar-refractivity contribution in [1.29, 1.82) is 0 Å². The monoisotopic (exact) mass is 526 g/mol. The lowest BCUT2D eigenvalue weighted by molar-refractivity contribution is -0.163. The maximum atomic E-state index is 12.8. The van der Waals surface area contributed by atoms with Crippen LogP contribution in [0.4, 0.5) is 0 Å². The molecule has 200 valence electrons. The molecule has 1 aliphatic heterocycles. The molecule has 0 amide bonds. The Morgan fingerprint density at radius 3 is 2.20 bits per heavy atom. The van der Waals surface area contributed by atoms with Gasteiger partial charge in [-0.25, -0.2) is 4.79 Å². The average molecular weight is 527 g/mol. The van der Waals surface area contributed by atoms with Gasteiger partial charge in [-0.15, -0.1) is 6.58 Å². The first-order valence-electron chi connectivity index (χ1n) is 12.3. The topological polar surface area (TPSA) is 114 Å². The van der Waals surface area contributed by atoms with Crippen molar-refractivity contribution in [2.24, 2.45) is 5.92 Å². The van der Waals surface area contributed by atoms with Crippen LogP contribution in [-0.4, -0.2) is 60.2 Å². The Labute approximate surface area is 211 Å². The van der Waals surface area contributed by atoms with Crippen LogP contribution in [0, 0.1) is 5.92 Å². The molecule has 10 heteroatoms. The largest absolute Gasteiger partial charge is 0.410 e. The molecule has 1 aliphatic rings. The number of allylic oxidation sites excluding steroid dienone is 1. The standard InChI is InChI=1S/C25H46N2O6Si2/c1-12-13-17-19(33-35(10,11)24(5,6)7)25(16-28,21(30)34(8,9)23(2,3)4)32-20(17)27-15-14-18(29)26-22(27)31/h12,14-15,17,19-21,28,30H,1,13,16H2,2-11H3,(H,26,29,31)/t17-,19+,20-,21?,25+/m1/s1. The van der Waals surface area contributed by atoms with Crippen molar-refractivity contribution in [2.75, 3.05) is 6.61 Å². The third-order valence-electron chi connectivity index (χ3n) is 8.70. The summed E-state index contributed by atoms with van der Waals surface area (Å²) in [4.78, 5) is 26.8. The number of H-pyrrole nitrogens is 1. The van der Waals surface area contributed by atoms with Gasteiger partial charge in [-0.1, -0.05) is 60.7 Å². The van der Waals surface area contributed by atoms with E-state index in [1.807, 2.05) is 0 Å². The van der Waals surface area contributed by atoms with Crippen molar-refractivity contribution in [2.45, 2.75) is 108 Å². The number of aromatic nitrogens is 2. The van der Waals surface area contributed by atoms with Crippen LogP contribution in [0.3, 0.4) is 0 Å². The highest BCUT2D eigenvalue weighted by molar-refractivity contribution is 6.81. The first kappa shape index (κ1) is 29.9. The van der Waals surface area contributed by atoms with Gasteiger partial charge in [-0.2, -0.15) is 0 Å². The lowest BCUT2D eigenvalue weighted by atomic mass is 9.88. The Balaban J connectivity index is 2.82. The molecule has 1 unspecified atom stereocenters. The van der Waals surface area contributed by atoms with Crippen LogP contribution in [0.2, 0.25) is 36.3 Å². The number of hydrogen-bond acceptors (Lipinski definition) is 6. The van der Waals surface area contributed by atoms with Crippen LogP contribution < -0.4 is 11.2 Å². The molecule has 0 aliphatic carbocycles. The zero-order chi connectivity index (χ0) is 27.2. The number of aliphatic hydroxyl groups excluding tert-OH is 2. The van der Waals surface area contributed by atoms with Crippen LogP contribution in [0.5, 0.6) is 0 Å². The Kier molecular flexibility index (Phi) is 8.43. The summed E-state index contributed by atoms with van der Waals surface area (Å²) in [5, 5.41) is 22.6. The smallest absolute Gasteiger partial charge is 0.330 e. The molecule has 0 spiro atoms. The van der Waals surface area contributed by atoms with E-state index in [9.17, 15) is 19.8 Å². The van der Waals surface area contributed by atoms with E-state index < -0.39 is 63.8 Å². The minimum atomic E-state index is -2.50. The summed E-state index contributed by atoms with van der Waals surface area (Å²) in [5.41, 5.74) is -3.57. The summed E-state index contributed by atoms with van der Waals surface area (Å²) in [6.45, 7) is 24.5. The minimum absolute atomic E-state index is 0.137. The van der Waals surface area contributed by atoms with E-state index in [0.29, 0.717) is 6.42 Å². The molecule has 5 atom stereocenters. The molecule has 0 aromatic carbocycles. The van der Waals surface area contributed by atoms with E-state index >= 15 is 0 Å². The van der Waals surface area contributed by atoms with Gasteiger partial charge in [0.15, 0.2) is 8.32 Å². The number of hydrogen-bond donors (Lipinski definition) is 3. The minimum Gasteiger partial charge on any atom is -0.410 e. The molecule has 3 N–H and O–H groups in total. The van der Waals surface area contributed by atoms with Crippen molar-refractivity contribution in [1.82, 2.24) is 9.55 Å². The van der Waals surface area contributed by atoms with E-state index in [0.717, 1.165) is 0 Å². The van der Waals surface area contributed by atoms with Gasteiger partial charge >= 0.3 is 5.69 Å². The lowest BCUT2D eigenvalue weighted by Gasteiger charge is -2.51. The molecule has 2 rings (SSSR count). The second kappa shape index (κ2) is 9.87. The first-order valence-corrected chi connectivity index (χ1v) is 18.3. The highest BCUT2D eigenvalue weighted by Gasteiger charge is 2.65. The third-order valence-corrected chi connectivity index (χ3v) is 18.9. The molecule has 8 nitrogen and oxygen atoms in total. The van der Waals surface area contributed by atoms with Crippen LogP contribution >= 0.6 is 0 Å². The molecule has 0 radical (unpaired) electrons. The lowest BCUT2D eigenvalue weighted by Crippen LogP contribution is -2.68. The molecule has 1 aromatic rings. The number of aliphatic hydroxyl groups is 2. The molecule has 0 bridgehead atoms. The number of nitrogens with zero attached hydrogens (tertiary/aromatic N) is 1. The zero-order valence-electron chi connectivity index (χ0n) is 23.1. The quantitative estimate of drug-likeness (QED) is 0.351. The van der Waals surface area contributed by atoms with Crippen molar-refractivity contribution in [3.63, 3.8) is 0 Å². The predicted octanol–water partition coefficient (Wildman–Crippen LogP) is 3.79. The van der Waals surface area contributed by atoms with E-state index in [-0.39, 0.29) is 10.1 Å². The summed E-state index contributed by atoms with van der Waals surface area (Å²) >= 11 is 0. The number of aromatic amines is 1. The highest BCUT2D eigenvalue weighted by atomic mass is 28.4. The van der Waals surface area contributed by atoms with Gasteiger partial charge in [-0.05, 0) is 29.6 Å². The normalized spacial score (nSPS) is 27.1. The molecule has 0 saturated carbocycles. The molecular weight excluding hydrogens is 480 g/mol. The van der Waals surface area contributed by atoms with Gasteiger partial charge in [0, 0.05) is 18.2 Å². The number of ether oxygens (including phenoxy) is 1. The Morgan fingerprint density at radius 2 is 1.77 bits per heavy atom. The molecule has 2 heterocycles. The maximum Gasteiger partial charge on any atom is 0.330 e. The van der Waals surface area contributed by atoms with E-state index in [2.05, 4.69) is 79.3 Å². The average Bonchev–Trinajstić information content (AvgIpc) is 2.99. The fraction of sp³-hybridized carbons (Fsp3) is 0.760. The van der Waals surface area contributed by atoms with Crippen molar-refractivity contribution in [3.05, 3.63) is 45.8 Å². The Bertz CT molecular complexity index is 1020. The molecular formula is C25H46N2O6Si2. The van der Waals surface area contributed by atoms with Gasteiger partial charge in [-0.3, -0.25) is 14.3 Å². The van der Waals surface area contributed by atoms with E-state index in [1.54, 1.807) is 6.08 Å². The van der Waals surface area contributed by atoms with Crippen molar-refractivity contribution >= 4 is 16.4 Å². The van der Waals surface area contributed by atoms with Gasteiger partial charge in [0.1, 0.15) is 11.8 Å². The van der Waals surface area contributed by atoms with Gasteiger partial charge in [0.2, 0.25) is 0 Å². The zero-order valence-corrected chi connectivity index (χ0v) is 25.1. The van der Waals surface area contributed by atoms with Crippen molar-refractivity contribution in [3.8, 4) is 0 Å². The van der Waals surface area contributed by atoms with Crippen molar-refractivity contribution < 1.29 is 19.4 Å². The fourth-order valence-electron chi connectivity index (χ4n) is 4.35. The van der Waals surface area contributed by atoms with Gasteiger partial charge < -0.3 is 19.4 Å². The Morgan fingerprint density at radius 1 is 1.20 bits per heavy atom. The second-order valence-electron chi connectivity index (χ2n) is 13.0. The van der Waals surface area contributed by atoms with Crippen LogP contribution in [0.25, 0.3) is 0 Å². The van der Waals surface area contributed by atoms with Gasteiger partial charge in [0.25, 0.3) is 5.56 Å². The van der Waals surface area contributed by atoms with Crippen LogP contribution in [0.1, 0.15) is 54.2 Å². The third kappa shape index (κ3) is 5.38. The number of rotatable bonds is 8. The van der Waals surface area contributed by atoms with Crippen LogP contribution in [-0.2, 0) is 9.16 Å². The van der Waals surface area contributed by atoms with Crippen LogP contribution in [0.15, 0.2) is 34.5 Å². The summed E-state index contributed by atoms with van der Waals surface area (Å²) in [6, 6.07) is 1.27. The SMILES string of the molecule is C=CC[C@H]1[C@H](n2ccc(=O)[nH]c2=O)O[C@](CO)(C(O)[Si](C)(C)C(C)(C)C)[C@H]1O[Si](C)(C)C(C)(C)C. The summed E-state index contributed by atoms with van der Waals surface area (Å²) in [6.07, 6.45) is 2.02. The summed E-state index contributed by atoms with van der Waals surface area (Å²) < 4.78 is 14.9. The predicted molar refractivity (Wildman–Crippen MR) is 145 cm³/mol.